The molecule has 0 radical (unpaired) electrons. The van der Waals surface area contributed by atoms with E-state index in [1.54, 1.807) is 27.7 Å². The first-order chi connectivity index (χ1) is 13.4. The highest BCUT2D eigenvalue weighted by atomic mass is 16.6. The maximum atomic E-state index is 11.2. The second-order valence-corrected chi connectivity index (χ2v) is 8.53. The lowest BCUT2D eigenvalue weighted by Crippen LogP contribution is -2.38. The molecule has 2 aromatic rings. The van der Waals surface area contributed by atoms with Gasteiger partial charge in [0.15, 0.2) is 0 Å². The van der Waals surface area contributed by atoms with Crippen LogP contribution in [0.1, 0.15) is 44.4 Å². The van der Waals surface area contributed by atoms with E-state index < -0.39 is 11.1 Å². The molecule has 2 aromatic carbocycles. The van der Waals surface area contributed by atoms with Crippen molar-refractivity contribution in [2.75, 3.05) is 17.6 Å². The van der Waals surface area contributed by atoms with Gasteiger partial charge in [0.05, 0.1) is 6.54 Å². The van der Waals surface area contributed by atoms with E-state index >= 15 is 0 Å². The summed E-state index contributed by atoms with van der Waals surface area (Å²) in [6.07, 6.45) is 0.855. The first-order valence-corrected chi connectivity index (χ1v) is 9.40. The van der Waals surface area contributed by atoms with Crippen molar-refractivity contribution in [3.05, 3.63) is 79.4 Å². The summed E-state index contributed by atoms with van der Waals surface area (Å²) in [7, 11) is 0. The Labute approximate surface area is 170 Å². The molecule has 0 spiro atoms. The number of hydrogen-bond donors (Lipinski definition) is 2. The van der Waals surface area contributed by atoms with E-state index in [0.29, 0.717) is 12.1 Å². The zero-order valence-electron chi connectivity index (χ0n) is 17.3. The van der Waals surface area contributed by atoms with Gasteiger partial charge in [-0.25, -0.2) is 0 Å². The van der Waals surface area contributed by atoms with Crippen molar-refractivity contribution in [1.29, 1.82) is 0 Å². The molecule has 29 heavy (non-hydrogen) atoms. The van der Waals surface area contributed by atoms with Crippen molar-refractivity contribution in [2.45, 2.75) is 51.6 Å². The Balaban J connectivity index is 2.10. The van der Waals surface area contributed by atoms with E-state index in [9.17, 15) is 20.2 Å². The summed E-state index contributed by atoms with van der Waals surface area (Å²) in [5, 5.41) is 25.3. The molecule has 0 aliphatic heterocycles. The number of hydrogen-bond acceptors (Lipinski definition) is 6. The van der Waals surface area contributed by atoms with Crippen molar-refractivity contribution in [3.8, 4) is 0 Å². The molecule has 8 heteroatoms. The zero-order chi connectivity index (χ0) is 21.8. The molecule has 2 rings (SSSR count). The average molecular weight is 400 g/mol. The maximum Gasteiger partial charge on any atom is 0.233 e. The summed E-state index contributed by atoms with van der Waals surface area (Å²) in [5.74, 6) is 0. The van der Waals surface area contributed by atoms with Crippen molar-refractivity contribution in [1.82, 2.24) is 0 Å². The molecule has 8 nitrogen and oxygen atoms in total. The Hall–Kier alpha value is -3.16. The minimum absolute atomic E-state index is 0.223. The summed E-state index contributed by atoms with van der Waals surface area (Å²) in [6.45, 7) is 6.55. The molecule has 0 amide bonds. The van der Waals surface area contributed by atoms with E-state index in [4.69, 9.17) is 5.73 Å². The summed E-state index contributed by atoms with van der Waals surface area (Å²) in [4.78, 5) is 21.6. The Kier molecular flexibility index (Phi) is 6.46. The lowest BCUT2D eigenvalue weighted by atomic mass is 9.92. The number of rotatable bonds is 9. The normalized spacial score (nSPS) is 11.9. The summed E-state index contributed by atoms with van der Waals surface area (Å²) in [6, 6.07) is 13.2. The fourth-order valence-corrected chi connectivity index (χ4v) is 2.85. The van der Waals surface area contributed by atoms with E-state index in [0.717, 1.165) is 22.4 Å². The number of nitrogens with two attached hydrogens (primary N) is 1. The second kappa shape index (κ2) is 8.46. The molecule has 3 N–H and O–H groups in total. The fourth-order valence-electron chi connectivity index (χ4n) is 2.85. The number of benzene rings is 2. The molecular formula is C21H28N4O4. The molecule has 0 aliphatic carbocycles. The van der Waals surface area contributed by atoms with Gasteiger partial charge in [-0.15, -0.1) is 0 Å². The quantitative estimate of drug-likeness (QED) is 0.373. The number of nitrogens with one attached hydrogen (secondary N) is 1. The Morgan fingerprint density at radius 3 is 2.00 bits per heavy atom. The molecule has 0 saturated carbocycles. The van der Waals surface area contributed by atoms with Gasteiger partial charge in [0.25, 0.3) is 0 Å². The fraction of sp³-hybridized carbons (Fsp3) is 0.429. The van der Waals surface area contributed by atoms with E-state index in [1.807, 2.05) is 42.5 Å². The molecule has 0 aromatic heterocycles. The van der Waals surface area contributed by atoms with Crippen LogP contribution in [0, 0.1) is 20.2 Å². The van der Waals surface area contributed by atoms with Gasteiger partial charge >= 0.3 is 0 Å². The van der Waals surface area contributed by atoms with Crippen LogP contribution in [0.25, 0.3) is 0 Å². The molecule has 0 atom stereocenters. The van der Waals surface area contributed by atoms with Crippen LogP contribution >= 0.6 is 0 Å². The third-order valence-corrected chi connectivity index (χ3v) is 4.97. The van der Waals surface area contributed by atoms with Crippen LogP contribution in [-0.2, 0) is 12.8 Å². The van der Waals surface area contributed by atoms with Gasteiger partial charge in [-0.05, 0) is 35.2 Å². The average Bonchev–Trinajstić information content (AvgIpc) is 2.64. The molecule has 0 unspecified atom stereocenters. The monoisotopic (exact) mass is 400 g/mol. The van der Waals surface area contributed by atoms with Crippen LogP contribution < -0.4 is 11.1 Å². The van der Waals surface area contributed by atoms with Gasteiger partial charge in [-0.3, -0.25) is 20.2 Å². The first kappa shape index (κ1) is 22.1. The largest absolute Gasteiger partial charge is 0.398 e. The molecule has 0 fully saturated rings. The predicted octanol–water partition coefficient (Wildman–Crippen LogP) is 3.92. The van der Waals surface area contributed by atoms with E-state index in [2.05, 4.69) is 5.32 Å². The highest BCUT2D eigenvalue weighted by Gasteiger charge is 2.32. The van der Waals surface area contributed by atoms with Crippen LogP contribution in [0.15, 0.2) is 42.5 Å². The smallest absolute Gasteiger partial charge is 0.233 e. The van der Waals surface area contributed by atoms with Gasteiger partial charge in [0.1, 0.15) is 0 Å². The zero-order valence-corrected chi connectivity index (χ0v) is 17.3. The van der Waals surface area contributed by atoms with Gasteiger partial charge in [-0.2, -0.15) is 0 Å². The molecule has 0 aliphatic rings. The highest BCUT2D eigenvalue weighted by molar-refractivity contribution is 5.56. The van der Waals surface area contributed by atoms with Gasteiger partial charge in [-0.1, -0.05) is 30.3 Å². The SMILES string of the molecule is CC(C)(CNc1ccc(Cc2cccc(CC(C)(C)[N+](=O)[O-])c2N)cc1)[N+](=O)[O-]. The minimum atomic E-state index is -1.09. The van der Waals surface area contributed by atoms with Crippen LogP contribution in [0.3, 0.4) is 0 Å². The number of nitrogens with zero attached hydrogens (tertiary/aromatic N) is 2. The van der Waals surface area contributed by atoms with Gasteiger partial charge in [0.2, 0.25) is 11.1 Å². The maximum absolute atomic E-state index is 11.2. The molecule has 0 bridgehead atoms. The van der Waals surface area contributed by atoms with Crippen molar-refractivity contribution in [3.63, 3.8) is 0 Å². The third-order valence-electron chi connectivity index (χ3n) is 4.97. The van der Waals surface area contributed by atoms with Crippen molar-refractivity contribution < 1.29 is 9.85 Å². The molecule has 156 valence electrons. The Morgan fingerprint density at radius 2 is 1.45 bits per heavy atom. The number of nitrogen functional groups attached to an aromatic ring is 1. The lowest BCUT2D eigenvalue weighted by molar-refractivity contribution is -0.560. The standard InChI is InChI=1S/C21H28N4O4/c1-20(2,24(26)27)13-17-7-5-6-16(19(17)22)12-15-8-10-18(11-9-15)23-14-21(3,4)25(28)29/h5-11,23H,12-14,22H2,1-4H3. The first-order valence-electron chi connectivity index (χ1n) is 9.40. The Bertz CT molecular complexity index is 892. The van der Waals surface area contributed by atoms with Crippen molar-refractivity contribution in [2.24, 2.45) is 0 Å². The Morgan fingerprint density at radius 1 is 0.897 bits per heavy atom. The van der Waals surface area contributed by atoms with E-state index in [1.165, 1.54) is 0 Å². The van der Waals surface area contributed by atoms with Gasteiger partial charge in [0, 0.05) is 55.3 Å². The van der Waals surface area contributed by atoms with Crippen LogP contribution in [0.5, 0.6) is 0 Å². The third kappa shape index (κ3) is 5.66. The highest BCUT2D eigenvalue weighted by Crippen LogP contribution is 2.26. The number of anilines is 2. The second-order valence-electron chi connectivity index (χ2n) is 8.53. The summed E-state index contributed by atoms with van der Waals surface area (Å²) >= 11 is 0. The predicted molar refractivity (Wildman–Crippen MR) is 114 cm³/mol. The topological polar surface area (TPSA) is 124 Å². The number of para-hydroxylation sites is 1. The summed E-state index contributed by atoms with van der Waals surface area (Å²) in [5.41, 5.74) is 8.25. The van der Waals surface area contributed by atoms with E-state index in [-0.39, 0.29) is 22.8 Å². The summed E-state index contributed by atoms with van der Waals surface area (Å²) < 4.78 is 0. The molecular weight excluding hydrogens is 372 g/mol. The van der Waals surface area contributed by atoms with Gasteiger partial charge < -0.3 is 11.1 Å². The van der Waals surface area contributed by atoms with Crippen LogP contribution in [0.4, 0.5) is 11.4 Å². The van der Waals surface area contributed by atoms with Crippen LogP contribution in [-0.4, -0.2) is 27.5 Å². The number of nitro groups is 2. The molecule has 0 heterocycles. The minimum Gasteiger partial charge on any atom is -0.398 e. The molecule has 0 saturated heterocycles. The van der Waals surface area contributed by atoms with Crippen molar-refractivity contribution >= 4 is 11.4 Å². The lowest BCUT2D eigenvalue weighted by Gasteiger charge is -2.18. The van der Waals surface area contributed by atoms with Crippen LogP contribution in [0.2, 0.25) is 0 Å².